The van der Waals surface area contributed by atoms with Crippen LogP contribution < -0.4 is 26.6 Å². The van der Waals surface area contributed by atoms with Crippen LogP contribution in [0.3, 0.4) is 0 Å². The first-order valence-corrected chi connectivity index (χ1v) is 38.4. The van der Waals surface area contributed by atoms with Crippen LogP contribution in [0.4, 0.5) is 0 Å². The van der Waals surface area contributed by atoms with Gasteiger partial charge in [0.05, 0.1) is 60.1 Å². The van der Waals surface area contributed by atoms with Crippen LogP contribution in [0.15, 0.2) is 60.8 Å². The van der Waals surface area contributed by atoms with E-state index in [0.717, 1.165) is 96.3 Å². The highest BCUT2D eigenvalue weighted by atomic mass is 35.5. The van der Waals surface area contributed by atoms with Gasteiger partial charge in [-0.3, -0.25) is 24.0 Å². The lowest BCUT2D eigenvalue weighted by Crippen LogP contribution is -2.80. The van der Waals surface area contributed by atoms with Gasteiger partial charge in [0, 0.05) is 61.2 Å². The van der Waals surface area contributed by atoms with E-state index in [-0.39, 0.29) is 98.2 Å². The number of ether oxygens (including phenoxy) is 5. The summed E-state index contributed by atoms with van der Waals surface area (Å²) in [6, 6.07) is 0. The van der Waals surface area contributed by atoms with Crippen molar-refractivity contribution in [2.75, 3.05) is 31.6 Å². The second-order valence-electron chi connectivity index (χ2n) is 31.6. The first-order chi connectivity index (χ1) is 49.9. The molecule has 25 atom stereocenters. The number of amides is 5. The van der Waals surface area contributed by atoms with Crippen LogP contribution in [0.5, 0.6) is 0 Å². The van der Waals surface area contributed by atoms with Crippen molar-refractivity contribution in [3.8, 4) is 0 Å². The van der Waals surface area contributed by atoms with Crippen molar-refractivity contribution >= 4 is 82.6 Å². The molecule has 0 saturated carbocycles. The predicted octanol–water partition coefficient (Wildman–Crippen LogP) is 1.92. The third-order valence-electron chi connectivity index (χ3n) is 26.3. The smallest absolute Gasteiger partial charge is 0.339 e. The summed E-state index contributed by atoms with van der Waals surface area (Å²) < 4.78 is 26.5. The molecule has 0 bridgehead atoms. The highest BCUT2D eigenvalue weighted by Gasteiger charge is 2.84. The predicted molar refractivity (Wildman–Crippen MR) is 373 cm³/mol. The van der Waals surface area contributed by atoms with Crippen molar-refractivity contribution in [2.24, 2.45) is 59.2 Å². The van der Waals surface area contributed by atoms with E-state index in [1.54, 1.807) is 34.6 Å². The number of aliphatic hydroxyl groups is 8. The Morgan fingerprint density at radius 1 is 0.333 bits per heavy atom. The average molecular weight is 1510 g/mol. The van der Waals surface area contributed by atoms with Crippen molar-refractivity contribution in [1.82, 2.24) is 26.6 Å². The lowest BCUT2D eigenvalue weighted by molar-refractivity contribution is -0.239. The first-order valence-electron chi connectivity index (χ1n) is 37.3. The molecule has 0 aromatic carbocycles. The number of hydrogen-bond donors (Lipinski definition) is 13. The molecule has 15 rings (SSSR count). The summed E-state index contributed by atoms with van der Waals surface area (Å²) in [4.78, 5) is 122. The van der Waals surface area contributed by atoms with Gasteiger partial charge in [0.1, 0.15) is 0 Å². The summed E-state index contributed by atoms with van der Waals surface area (Å²) >= 11 is 11.5. The molecule has 105 heavy (non-hydrogen) atoms. The number of nitrogens with one attached hydrogen (secondary N) is 5. The number of hydrogen-bond acceptors (Lipinski definition) is 23. The van der Waals surface area contributed by atoms with E-state index in [1.807, 2.05) is 60.8 Å². The summed E-state index contributed by atoms with van der Waals surface area (Å²) in [5.41, 5.74) is -12.1. The van der Waals surface area contributed by atoms with E-state index in [1.165, 1.54) is 0 Å². The fourth-order valence-electron chi connectivity index (χ4n) is 20.0. The van der Waals surface area contributed by atoms with Crippen molar-refractivity contribution in [2.45, 2.75) is 249 Å². The van der Waals surface area contributed by atoms with Gasteiger partial charge < -0.3 is 91.1 Å². The number of alkyl halides is 2. The number of carbonyl (C=O) groups excluding carboxylic acids is 10. The molecule has 580 valence electrons. The van der Waals surface area contributed by atoms with Gasteiger partial charge in [0.25, 0.3) is 0 Å². The Bertz CT molecular complexity index is 3050. The second-order valence-corrected chi connectivity index (χ2v) is 32.3. The zero-order chi connectivity index (χ0) is 76.3. The zero-order valence-corrected chi connectivity index (χ0v) is 61.6. The summed E-state index contributed by atoms with van der Waals surface area (Å²) in [6.07, 6.45) is 29.8. The molecule has 15 aliphatic rings. The Balaban J connectivity index is 0.000000131. The summed E-state index contributed by atoms with van der Waals surface area (Å²) in [7, 11) is 0. The maximum absolute atomic E-state index is 12.2. The molecule has 0 radical (unpaired) electrons. The monoisotopic (exact) mass is 1510 g/mol. The molecular formula is C75H103Cl2N5O23. The molecule has 0 aromatic heterocycles. The fraction of sp³-hybridized carbons (Fsp3) is 0.733. The van der Waals surface area contributed by atoms with Crippen LogP contribution in [-0.2, 0) is 71.6 Å². The lowest BCUT2D eigenvalue weighted by Gasteiger charge is -2.54. The number of aliphatic hydroxyl groups excluding tert-OH is 8. The van der Waals surface area contributed by atoms with E-state index < -0.39 is 146 Å². The van der Waals surface area contributed by atoms with Gasteiger partial charge in [-0.1, -0.05) is 60.8 Å². The molecule has 0 aromatic rings. The number of halogens is 2. The minimum absolute atomic E-state index is 0.138. The Labute approximate surface area is 619 Å². The third-order valence-corrected chi connectivity index (χ3v) is 26.7. The van der Waals surface area contributed by atoms with Crippen molar-refractivity contribution < 1.29 is 112 Å². The molecule has 10 saturated heterocycles. The average Bonchev–Trinajstić information content (AvgIpc) is 1.60. The van der Waals surface area contributed by atoms with Gasteiger partial charge in [-0.25, -0.2) is 24.0 Å². The zero-order valence-electron chi connectivity index (χ0n) is 60.1. The van der Waals surface area contributed by atoms with Crippen molar-refractivity contribution in [3.05, 3.63) is 60.8 Å². The van der Waals surface area contributed by atoms with Gasteiger partial charge in [0.2, 0.25) is 57.2 Å². The van der Waals surface area contributed by atoms with Crippen LogP contribution in [0.2, 0.25) is 0 Å². The SMILES string of the molecule is C[C@@]12OC(=O)[C@]1([C@@H](O)[C@@H]1C=CCCC1)NC(=O)[C@@H]2CCCl.C[C@@]12OC(=O)[C@]1([C@@H](O)[C@@H]1C=CCCC1)NC(=O)[C@@H]2CCO.C[C@@]12OC(=O)[C@]1([C@H](O)[C@@H]1C=CCCC1)NC(=O)[C@@H]2CCCl.C[C@@]12OC(=O)[C@]1([C@H](O)[C@@H]1C=CCCC1)NC(=O)[C@@H]2CCO.C[C@@]12OC(=O)[C@]1([C@H](O)[C@@H]1C=CCCC1)NC(=O)[C@@H]2CCO. The molecule has 10 fully saturated rings. The summed E-state index contributed by atoms with van der Waals surface area (Å²) in [6.45, 7) is 7.95. The molecular weight excluding hydrogens is 1410 g/mol. The van der Waals surface area contributed by atoms with Crippen LogP contribution in [0, 0.1) is 59.2 Å². The van der Waals surface area contributed by atoms with E-state index in [2.05, 4.69) is 26.6 Å². The molecule has 13 N–H and O–H groups in total. The van der Waals surface area contributed by atoms with Crippen LogP contribution in [0.25, 0.3) is 0 Å². The number of allylic oxidation sites excluding steroid dienone is 5. The van der Waals surface area contributed by atoms with Gasteiger partial charge in [-0.05, 0) is 163 Å². The highest BCUT2D eigenvalue weighted by Crippen LogP contribution is 2.59. The Kier molecular flexibility index (Phi) is 23.0. The first kappa shape index (κ1) is 79.7. The molecule has 0 unspecified atom stereocenters. The van der Waals surface area contributed by atoms with Gasteiger partial charge in [0.15, 0.2) is 28.0 Å². The second kappa shape index (κ2) is 30.3. The number of fused-ring (bicyclic) bond motifs is 5. The molecule has 10 aliphatic heterocycles. The molecule has 5 aliphatic carbocycles. The maximum atomic E-state index is 12.2. The lowest BCUT2D eigenvalue weighted by atomic mass is 9.64. The molecule has 10 heterocycles. The highest BCUT2D eigenvalue weighted by molar-refractivity contribution is 6.18. The topological polar surface area (TPSA) is 439 Å². The van der Waals surface area contributed by atoms with E-state index in [0.29, 0.717) is 24.6 Å². The third kappa shape index (κ3) is 11.9. The minimum Gasteiger partial charge on any atom is -0.453 e. The molecule has 0 spiro atoms. The maximum Gasteiger partial charge on any atom is 0.339 e. The summed E-state index contributed by atoms with van der Waals surface area (Å²) in [5.74, 6) is -7.39. The van der Waals surface area contributed by atoms with Gasteiger partial charge >= 0.3 is 29.8 Å². The largest absolute Gasteiger partial charge is 0.453 e. The Morgan fingerprint density at radius 3 is 0.638 bits per heavy atom. The molecule has 5 amide bonds. The van der Waals surface area contributed by atoms with Crippen LogP contribution >= 0.6 is 23.2 Å². The Morgan fingerprint density at radius 2 is 0.505 bits per heavy atom. The Hall–Kier alpha value is -6.34. The van der Waals surface area contributed by atoms with Gasteiger partial charge in [-0.15, -0.1) is 23.2 Å². The molecule has 28 nitrogen and oxygen atoms in total. The molecule has 30 heteroatoms. The van der Waals surface area contributed by atoms with Crippen molar-refractivity contribution in [3.63, 3.8) is 0 Å². The number of rotatable bonds is 20. The minimum atomic E-state index is -1.38. The van der Waals surface area contributed by atoms with Crippen LogP contribution in [0.1, 0.15) is 163 Å². The van der Waals surface area contributed by atoms with Crippen LogP contribution in [-0.4, -0.2) is 218 Å². The van der Waals surface area contributed by atoms with Gasteiger partial charge in [-0.2, -0.15) is 0 Å². The number of carbonyl (C=O) groups is 10. The standard InChI is InChI=1S/2C15H20ClNO4.3C15H21NO5/c2*1-14-10(7-8-16)12(19)17-15(14,13(20)21-14)11(18)9-5-3-2-4-6-9;3*1-14-10(7-8-17)12(19)16-15(14,13(20)21-14)11(18)9-5-3-2-4-6-9/h2*3,5,9-11,18H,2,4,6-8H2,1H3,(H,17,19);3*3,5,9-11,17-18H,2,4,6-8H2,1H3,(H,16,19)/t9-,10+,11+,14+,15+;9-,10+,11-,14+,15+;9-,10+,11+,14+,15+;2*9-,10+,11-,14+,15+/m11111/s1. The summed E-state index contributed by atoms with van der Waals surface area (Å²) in [5, 5.41) is 94.8. The number of esters is 5. The normalized spacial score (nSPS) is 42.8. The fourth-order valence-corrected chi connectivity index (χ4v) is 20.4. The quantitative estimate of drug-likeness (QED) is 0.0358. The van der Waals surface area contributed by atoms with Crippen molar-refractivity contribution in [1.29, 1.82) is 0 Å². The van der Waals surface area contributed by atoms with E-state index in [9.17, 15) is 73.5 Å². The van der Waals surface area contributed by atoms with E-state index >= 15 is 0 Å². The van der Waals surface area contributed by atoms with E-state index in [4.69, 9.17) is 62.2 Å².